The van der Waals surface area contributed by atoms with E-state index in [0.29, 0.717) is 11.1 Å². The molecule has 2 aromatic rings. The summed E-state index contributed by atoms with van der Waals surface area (Å²) in [6.07, 6.45) is 2.97. The van der Waals surface area contributed by atoms with Gasteiger partial charge in [-0.05, 0) is 37.5 Å². The molecule has 7 nitrogen and oxygen atoms in total. The molecule has 0 fully saturated rings. The molecule has 2 heterocycles. The first-order valence-electron chi connectivity index (χ1n) is 8.54. The van der Waals surface area contributed by atoms with Crippen molar-refractivity contribution in [1.29, 1.82) is 0 Å². The van der Waals surface area contributed by atoms with Gasteiger partial charge in [-0.15, -0.1) is 11.3 Å². The zero-order valence-electron chi connectivity index (χ0n) is 15.7. The summed E-state index contributed by atoms with van der Waals surface area (Å²) in [6.45, 7) is 7.62. The molecule has 2 aromatic heterocycles. The Balaban J connectivity index is 2.36. The number of carbonyl (C=O) groups is 3. The number of carbonyl (C=O) groups excluding carboxylic acids is 3. The second-order valence-corrected chi connectivity index (χ2v) is 7.19. The summed E-state index contributed by atoms with van der Waals surface area (Å²) >= 11 is 0.995. The van der Waals surface area contributed by atoms with Crippen molar-refractivity contribution >= 4 is 34.2 Å². The van der Waals surface area contributed by atoms with Crippen LogP contribution in [0.1, 0.15) is 56.7 Å². The van der Waals surface area contributed by atoms with Crippen LogP contribution in [0.5, 0.6) is 0 Å². The lowest BCUT2D eigenvalue weighted by molar-refractivity contribution is 0.0464. The van der Waals surface area contributed by atoms with Gasteiger partial charge in [0.2, 0.25) is 0 Å². The van der Waals surface area contributed by atoms with Crippen molar-refractivity contribution in [3.63, 3.8) is 0 Å². The van der Waals surface area contributed by atoms with Crippen molar-refractivity contribution in [3.05, 3.63) is 46.1 Å². The normalized spacial score (nSPS) is 10.6. The van der Waals surface area contributed by atoms with Crippen LogP contribution < -0.4 is 5.32 Å². The van der Waals surface area contributed by atoms with Crippen LogP contribution in [0.4, 0.5) is 5.00 Å². The molecular formula is C19H22N2O5S. The van der Waals surface area contributed by atoms with Crippen LogP contribution >= 0.6 is 11.3 Å². The van der Waals surface area contributed by atoms with Gasteiger partial charge in [0.25, 0.3) is 5.91 Å². The number of hydrogen-bond donors (Lipinski definition) is 1. The van der Waals surface area contributed by atoms with E-state index in [0.717, 1.165) is 11.3 Å². The van der Waals surface area contributed by atoms with Crippen molar-refractivity contribution in [2.45, 2.75) is 27.7 Å². The van der Waals surface area contributed by atoms with Gasteiger partial charge in [0.1, 0.15) is 9.88 Å². The zero-order valence-corrected chi connectivity index (χ0v) is 16.5. The van der Waals surface area contributed by atoms with E-state index in [1.807, 2.05) is 13.8 Å². The number of hydrogen-bond acceptors (Lipinski definition) is 7. The van der Waals surface area contributed by atoms with Crippen LogP contribution in [-0.4, -0.2) is 36.0 Å². The Labute approximate surface area is 161 Å². The van der Waals surface area contributed by atoms with Gasteiger partial charge < -0.3 is 14.8 Å². The minimum atomic E-state index is -0.601. The first-order valence-corrected chi connectivity index (χ1v) is 9.35. The van der Waals surface area contributed by atoms with Gasteiger partial charge in [-0.1, -0.05) is 13.8 Å². The summed E-state index contributed by atoms with van der Waals surface area (Å²) < 4.78 is 10.3. The molecule has 0 aliphatic rings. The molecule has 0 saturated heterocycles. The predicted octanol–water partition coefficient (Wildman–Crippen LogP) is 3.69. The van der Waals surface area contributed by atoms with Gasteiger partial charge in [-0.2, -0.15) is 0 Å². The fraction of sp³-hybridized carbons (Fsp3) is 0.368. The standard InChI is InChI=1S/C19H22N2O5S/c1-5-25-18(23)14-12(4)15(19(24)26-10-11(2)3)27-17(14)21-16(22)13-7-6-8-20-9-13/h6-9,11H,5,10H2,1-4H3,(H,21,22). The molecule has 0 saturated carbocycles. The lowest BCUT2D eigenvalue weighted by Crippen LogP contribution is -2.15. The van der Waals surface area contributed by atoms with Crippen LogP contribution in [-0.2, 0) is 9.47 Å². The number of esters is 2. The van der Waals surface area contributed by atoms with E-state index in [9.17, 15) is 14.4 Å². The number of ether oxygens (including phenoxy) is 2. The molecular weight excluding hydrogens is 368 g/mol. The monoisotopic (exact) mass is 390 g/mol. The molecule has 0 unspecified atom stereocenters. The van der Waals surface area contributed by atoms with Gasteiger partial charge in [-0.25, -0.2) is 9.59 Å². The quantitative estimate of drug-likeness (QED) is 0.725. The SMILES string of the molecule is CCOC(=O)c1c(NC(=O)c2cccnc2)sc(C(=O)OCC(C)C)c1C. The van der Waals surface area contributed by atoms with Gasteiger partial charge in [-0.3, -0.25) is 9.78 Å². The fourth-order valence-electron chi connectivity index (χ4n) is 2.23. The van der Waals surface area contributed by atoms with E-state index in [1.54, 1.807) is 32.2 Å². The number of nitrogens with one attached hydrogen (secondary N) is 1. The Kier molecular flexibility index (Phi) is 7.06. The lowest BCUT2D eigenvalue weighted by atomic mass is 10.1. The molecule has 1 amide bonds. The summed E-state index contributed by atoms with van der Waals surface area (Å²) in [4.78, 5) is 41.4. The number of anilines is 1. The number of thiophene rings is 1. The van der Waals surface area contributed by atoms with Gasteiger partial charge in [0.05, 0.1) is 24.3 Å². The van der Waals surface area contributed by atoms with Gasteiger partial charge in [0, 0.05) is 12.4 Å². The Bertz CT molecular complexity index is 830. The summed E-state index contributed by atoms with van der Waals surface area (Å²) in [6, 6.07) is 3.24. The molecule has 8 heteroatoms. The number of rotatable bonds is 7. The second kappa shape index (κ2) is 9.27. The van der Waals surface area contributed by atoms with Gasteiger partial charge in [0.15, 0.2) is 0 Å². The summed E-state index contributed by atoms with van der Waals surface area (Å²) in [5, 5.41) is 2.92. The van der Waals surface area contributed by atoms with Crippen molar-refractivity contribution in [2.24, 2.45) is 5.92 Å². The molecule has 27 heavy (non-hydrogen) atoms. The molecule has 0 bridgehead atoms. The molecule has 0 atom stereocenters. The molecule has 0 spiro atoms. The third-order valence-corrected chi connectivity index (χ3v) is 4.70. The van der Waals surface area contributed by atoms with Crippen LogP contribution in [0, 0.1) is 12.8 Å². The van der Waals surface area contributed by atoms with Crippen LogP contribution in [0.25, 0.3) is 0 Å². The Morgan fingerprint density at radius 3 is 2.56 bits per heavy atom. The summed E-state index contributed by atoms with van der Waals surface area (Å²) in [5.41, 5.74) is 0.923. The number of nitrogens with zero attached hydrogens (tertiary/aromatic N) is 1. The molecule has 0 aromatic carbocycles. The van der Waals surface area contributed by atoms with E-state index in [2.05, 4.69) is 10.3 Å². The number of pyridine rings is 1. The van der Waals surface area contributed by atoms with E-state index in [4.69, 9.17) is 9.47 Å². The molecule has 0 radical (unpaired) electrons. The summed E-state index contributed by atoms with van der Waals surface area (Å²) in [7, 11) is 0. The van der Waals surface area contributed by atoms with Crippen LogP contribution in [0.3, 0.4) is 0 Å². The maximum absolute atomic E-state index is 12.4. The highest BCUT2D eigenvalue weighted by Crippen LogP contribution is 2.34. The third kappa shape index (κ3) is 5.13. The minimum Gasteiger partial charge on any atom is -0.462 e. The fourth-order valence-corrected chi connectivity index (χ4v) is 3.31. The largest absolute Gasteiger partial charge is 0.462 e. The highest BCUT2D eigenvalue weighted by Gasteiger charge is 2.27. The van der Waals surface area contributed by atoms with E-state index >= 15 is 0 Å². The first kappa shape index (κ1) is 20.6. The Morgan fingerprint density at radius 2 is 1.96 bits per heavy atom. The van der Waals surface area contributed by atoms with Crippen molar-refractivity contribution in [2.75, 3.05) is 18.5 Å². The second-order valence-electron chi connectivity index (χ2n) is 6.17. The third-order valence-electron chi connectivity index (χ3n) is 3.51. The number of amides is 1. The van der Waals surface area contributed by atoms with Crippen LogP contribution in [0.15, 0.2) is 24.5 Å². The maximum atomic E-state index is 12.4. The van der Waals surface area contributed by atoms with E-state index in [-0.39, 0.29) is 34.6 Å². The molecule has 0 aliphatic heterocycles. The molecule has 2 rings (SSSR count). The minimum absolute atomic E-state index is 0.163. The van der Waals surface area contributed by atoms with E-state index < -0.39 is 17.8 Å². The average molecular weight is 390 g/mol. The van der Waals surface area contributed by atoms with Crippen molar-refractivity contribution in [1.82, 2.24) is 4.98 Å². The zero-order chi connectivity index (χ0) is 20.0. The smallest absolute Gasteiger partial charge is 0.348 e. The van der Waals surface area contributed by atoms with Gasteiger partial charge >= 0.3 is 11.9 Å². The molecule has 144 valence electrons. The van der Waals surface area contributed by atoms with Crippen LogP contribution in [0.2, 0.25) is 0 Å². The number of aromatic nitrogens is 1. The lowest BCUT2D eigenvalue weighted by Gasteiger charge is -2.07. The van der Waals surface area contributed by atoms with Crippen molar-refractivity contribution < 1.29 is 23.9 Å². The highest BCUT2D eigenvalue weighted by molar-refractivity contribution is 7.18. The average Bonchev–Trinajstić information content (AvgIpc) is 2.96. The molecule has 1 N–H and O–H groups in total. The Hall–Kier alpha value is -2.74. The first-order chi connectivity index (χ1) is 12.8. The maximum Gasteiger partial charge on any atom is 0.348 e. The highest BCUT2D eigenvalue weighted by atomic mass is 32.1. The van der Waals surface area contributed by atoms with E-state index in [1.165, 1.54) is 6.20 Å². The Morgan fingerprint density at radius 1 is 1.22 bits per heavy atom. The summed E-state index contributed by atoms with van der Waals surface area (Å²) in [5.74, 6) is -1.38. The molecule has 0 aliphatic carbocycles. The van der Waals surface area contributed by atoms with Crippen molar-refractivity contribution in [3.8, 4) is 0 Å². The predicted molar refractivity (Wildman–Crippen MR) is 102 cm³/mol. The topological polar surface area (TPSA) is 94.6 Å².